The zero-order chi connectivity index (χ0) is 21.4. The topological polar surface area (TPSA) is 91.5 Å². The standard InChI is InChI=1S/C22H21N5O4/c28-21-20(15-16-5-1-2-6-17(16)27(29)30)26-19-8-4-3-7-18(19)25(22(26)23-21)10-9-24-11-13-31-14-12-24/h1-8,15H,9-14H2/b20-15+. The van der Waals surface area contributed by atoms with Crippen LogP contribution >= 0.6 is 0 Å². The predicted octanol–water partition coefficient (Wildman–Crippen LogP) is 2.49. The van der Waals surface area contributed by atoms with E-state index in [0.717, 1.165) is 44.2 Å². The lowest BCUT2D eigenvalue weighted by Gasteiger charge is -2.29. The van der Waals surface area contributed by atoms with Crippen molar-refractivity contribution in [3.63, 3.8) is 0 Å². The third-order valence-corrected chi connectivity index (χ3v) is 5.69. The SMILES string of the molecule is O=C1N=C2N(CCN3CCOCC3)c3ccccc3N2/C1=C/c1ccccc1[N+](=O)[O-]. The van der Waals surface area contributed by atoms with Crippen molar-refractivity contribution in [2.24, 2.45) is 4.99 Å². The first-order valence-corrected chi connectivity index (χ1v) is 10.2. The van der Waals surface area contributed by atoms with Crippen LogP contribution in [0.4, 0.5) is 17.1 Å². The summed E-state index contributed by atoms with van der Waals surface area (Å²) in [5, 5.41) is 11.4. The Bertz CT molecular complexity index is 1110. The molecule has 9 nitrogen and oxygen atoms in total. The molecule has 5 rings (SSSR count). The third kappa shape index (κ3) is 3.47. The monoisotopic (exact) mass is 419 g/mol. The van der Waals surface area contributed by atoms with Gasteiger partial charge in [-0.1, -0.05) is 24.3 Å². The number of fused-ring (bicyclic) bond motifs is 3. The van der Waals surface area contributed by atoms with Gasteiger partial charge in [-0.2, -0.15) is 4.99 Å². The molecule has 1 fully saturated rings. The number of nitro groups is 1. The summed E-state index contributed by atoms with van der Waals surface area (Å²) >= 11 is 0. The molecular formula is C22H21N5O4. The number of aliphatic imine (C=N–C) groups is 1. The number of nitrogens with zero attached hydrogens (tertiary/aromatic N) is 5. The Balaban J connectivity index is 1.49. The zero-order valence-corrected chi connectivity index (χ0v) is 16.8. The number of para-hydroxylation sites is 3. The molecule has 1 amide bonds. The number of anilines is 2. The number of morpholine rings is 1. The minimum atomic E-state index is -0.444. The predicted molar refractivity (Wildman–Crippen MR) is 117 cm³/mol. The molecule has 0 saturated carbocycles. The lowest BCUT2D eigenvalue weighted by molar-refractivity contribution is -0.385. The van der Waals surface area contributed by atoms with E-state index in [0.29, 0.717) is 23.8 Å². The molecule has 3 aliphatic rings. The number of carbonyl (C=O) groups is 1. The fourth-order valence-corrected chi connectivity index (χ4v) is 4.15. The van der Waals surface area contributed by atoms with Crippen LogP contribution in [-0.2, 0) is 9.53 Å². The van der Waals surface area contributed by atoms with Gasteiger partial charge in [0.1, 0.15) is 5.70 Å². The van der Waals surface area contributed by atoms with E-state index in [1.54, 1.807) is 29.2 Å². The Morgan fingerprint density at radius 1 is 1.03 bits per heavy atom. The van der Waals surface area contributed by atoms with Crippen LogP contribution in [-0.4, -0.2) is 61.1 Å². The summed E-state index contributed by atoms with van der Waals surface area (Å²) in [6.07, 6.45) is 1.55. The number of guanidine groups is 1. The van der Waals surface area contributed by atoms with E-state index in [4.69, 9.17) is 4.74 Å². The summed E-state index contributed by atoms with van der Waals surface area (Å²) in [4.78, 5) is 34.3. The number of amides is 1. The number of benzene rings is 2. The Labute approximate surface area is 179 Å². The minimum absolute atomic E-state index is 0.0482. The van der Waals surface area contributed by atoms with E-state index in [-0.39, 0.29) is 5.69 Å². The highest BCUT2D eigenvalue weighted by Crippen LogP contribution is 2.42. The molecular weight excluding hydrogens is 398 g/mol. The Morgan fingerprint density at radius 2 is 1.74 bits per heavy atom. The van der Waals surface area contributed by atoms with E-state index in [2.05, 4.69) is 9.89 Å². The first-order valence-electron chi connectivity index (χ1n) is 10.2. The second kappa shape index (κ2) is 7.93. The number of nitro benzene ring substituents is 1. The van der Waals surface area contributed by atoms with Gasteiger partial charge in [0.15, 0.2) is 0 Å². The van der Waals surface area contributed by atoms with E-state index < -0.39 is 10.8 Å². The summed E-state index contributed by atoms with van der Waals surface area (Å²) in [6.45, 7) is 4.72. The van der Waals surface area contributed by atoms with Crippen molar-refractivity contribution in [1.29, 1.82) is 0 Å². The van der Waals surface area contributed by atoms with Gasteiger partial charge < -0.3 is 9.64 Å². The Hall–Kier alpha value is -3.56. The molecule has 158 valence electrons. The van der Waals surface area contributed by atoms with Crippen molar-refractivity contribution in [3.05, 3.63) is 69.9 Å². The van der Waals surface area contributed by atoms with E-state index in [1.165, 1.54) is 6.07 Å². The van der Waals surface area contributed by atoms with Crippen molar-refractivity contribution in [3.8, 4) is 0 Å². The molecule has 0 atom stereocenters. The van der Waals surface area contributed by atoms with Crippen molar-refractivity contribution in [1.82, 2.24) is 4.90 Å². The molecule has 0 radical (unpaired) electrons. The normalized spacial score (nSPS) is 19.5. The van der Waals surface area contributed by atoms with Crippen LogP contribution in [0.25, 0.3) is 6.08 Å². The van der Waals surface area contributed by atoms with Gasteiger partial charge in [-0.15, -0.1) is 0 Å². The number of ether oxygens (including phenoxy) is 1. The second-order valence-electron chi connectivity index (χ2n) is 7.49. The molecule has 3 aliphatic heterocycles. The molecule has 3 heterocycles. The van der Waals surface area contributed by atoms with Gasteiger partial charge in [-0.3, -0.25) is 24.7 Å². The summed E-state index contributed by atoms with van der Waals surface area (Å²) in [7, 11) is 0. The maximum Gasteiger partial charge on any atom is 0.297 e. The molecule has 0 unspecified atom stereocenters. The number of hydrogen-bond acceptors (Lipinski definition) is 7. The average molecular weight is 419 g/mol. The third-order valence-electron chi connectivity index (χ3n) is 5.69. The average Bonchev–Trinajstić information content (AvgIpc) is 3.26. The number of carbonyl (C=O) groups excluding carboxylic acids is 1. The fraction of sp³-hybridized carbons (Fsp3) is 0.273. The van der Waals surface area contributed by atoms with Crippen LogP contribution in [0.2, 0.25) is 0 Å². The highest BCUT2D eigenvalue weighted by atomic mass is 16.6. The lowest BCUT2D eigenvalue weighted by Crippen LogP contribution is -2.43. The van der Waals surface area contributed by atoms with E-state index in [1.807, 2.05) is 29.2 Å². The van der Waals surface area contributed by atoms with Gasteiger partial charge in [0.05, 0.1) is 35.1 Å². The summed E-state index contributed by atoms with van der Waals surface area (Å²) in [5.41, 5.74) is 2.45. The van der Waals surface area contributed by atoms with Crippen molar-refractivity contribution in [2.45, 2.75) is 0 Å². The number of rotatable bonds is 5. The Kier molecular flexibility index (Phi) is 4.97. The molecule has 0 aromatic heterocycles. The molecule has 31 heavy (non-hydrogen) atoms. The van der Waals surface area contributed by atoms with Gasteiger partial charge in [-0.25, -0.2) is 0 Å². The highest BCUT2D eigenvalue weighted by molar-refractivity contribution is 6.31. The quantitative estimate of drug-likeness (QED) is 0.418. The van der Waals surface area contributed by atoms with Crippen LogP contribution in [0.1, 0.15) is 5.56 Å². The molecule has 0 spiro atoms. The van der Waals surface area contributed by atoms with Gasteiger partial charge in [-0.05, 0) is 24.3 Å². The Morgan fingerprint density at radius 3 is 2.52 bits per heavy atom. The van der Waals surface area contributed by atoms with Crippen LogP contribution in [0.15, 0.2) is 59.2 Å². The van der Waals surface area contributed by atoms with Gasteiger partial charge in [0, 0.05) is 32.2 Å². The summed E-state index contributed by atoms with van der Waals surface area (Å²) in [6, 6.07) is 14.2. The van der Waals surface area contributed by atoms with Gasteiger partial charge in [0.2, 0.25) is 5.96 Å². The van der Waals surface area contributed by atoms with Crippen molar-refractivity contribution in [2.75, 3.05) is 49.2 Å². The fourth-order valence-electron chi connectivity index (χ4n) is 4.15. The van der Waals surface area contributed by atoms with Crippen LogP contribution in [0, 0.1) is 10.1 Å². The van der Waals surface area contributed by atoms with E-state index >= 15 is 0 Å². The highest BCUT2D eigenvalue weighted by Gasteiger charge is 2.42. The lowest BCUT2D eigenvalue weighted by atomic mass is 10.1. The molecule has 2 aromatic rings. The molecule has 9 heteroatoms. The maximum atomic E-state index is 12.8. The second-order valence-corrected chi connectivity index (χ2v) is 7.49. The molecule has 1 saturated heterocycles. The molecule has 2 aromatic carbocycles. The molecule has 0 N–H and O–H groups in total. The van der Waals surface area contributed by atoms with Gasteiger partial charge >= 0.3 is 0 Å². The smallest absolute Gasteiger partial charge is 0.297 e. The molecule has 0 bridgehead atoms. The molecule has 0 aliphatic carbocycles. The summed E-state index contributed by atoms with van der Waals surface area (Å²) < 4.78 is 5.42. The van der Waals surface area contributed by atoms with Crippen LogP contribution < -0.4 is 9.80 Å². The van der Waals surface area contributed by atoms with Gasteiger partial charge in [0.25, 0.3) is 11.6 Å². The number of hydrogen-bond donors (Lipinski definition) is 0. The minimum Gasteiger partial charge on any atom is -0.379 e. The first kappa shape index (κ1) is 19.4. The van der Waals surface area contributed by atoms with Crippen molar-refractivity contribution < 1.29 is 14.5 Å². The first-order chi connectivity index (χ1) is 15.1. The largest absolute Gasteiger partial charge is 0.379 e. The zero-order valence-electron chi connectivity index (χ0n) is 16.8. The van der Waals surface area contributed by atoms with Crippen molar-refractivity contribution >= 4 is 35.0 Å². The van der Waals surface area contributed by atoms with Crippen LogP contribution in [0.5, 0.6) is 0 Å². The van der Waals surface area contributed by atoms with Crippen LogP contribution in [0.3, 0.4) is 0 Å². The maximum absolute atomic E-state index is 12.8. The summed E-state index contributed by atoms with van der Waals surface area (Å²) in [5.74, 6) is 0.142. The van der Waals surface area contributed by atoms with E-state index in [9.17, 15) is 14.9 Å².